The van der Waals surface area contributed by atoms with E-state index >= 15 is 4.39 Å². The number of nitrogens with zero attached hydrogens (tertiary/aromatic N) is 5. The van der Waals surface area contributed by atoms with Crippen LogP contribution in [-0.4, -0.2) is 70.0 Å². The number of aromatic nitrogens is 3. The highest BCUT2D eigenvalue weighted by Gasteiger charge is 2.49. The number of rotatable bonds is 9. The number of benzene rings is 3. The van der Waals surface area contributed by atoms with Gasteiger partial charge in [0, 0.05) is 37.0 Å². The van der Waals surface area contributed by atoms with E-state index in [1.54, 1.807) is 0 Å². The lowest BCUT2D eigenvalue weighted by molar-refractivity contribution is 0.107. The van der Waals surface area contributed by atoms with Crippen molar-refractivity contribution in [3.63, 3.8) is 0 Å². The van der Waals surface area contributed by atoms with Gasteiger partial charge in [-0.05, 0) is 55.5 Å². The van der Waals surface area contributed by atoms with Crippen molar-refractivity contribution in [2.45, 2.75) is 44.4 Å². The maximum absolute atomic E-state index is 17.1. The molecule has 0 bridgehead atoms. The summed E-state index contributed by atoms with van der Waals surface area (Å²) in [6.07, 6.45) is 6.81. The molecule has 2 saturated heterocycles. The first-order valence-corrected chi connectivity index (χ1v) is 15.9. The first kappa shape index (κ1) is 31.5. The quantitative estimate of drug-likeness (QED) is 0.174. The van der Waals surface area contributed by atoms with Crippen molar-refractivity contribution < 1.29 is 27.8 Å². The molecule has 2 atom stereocenters. The molecule has 1 N–H and O–H groups in total. The van der Waals surface area contributed by atoms with Crippen LogP contribution < -0.4 is 14.4 Å². The van der Waals surface area contributed by atoms with Crippen LogP contribution in [0.3, 0.4) is 0 Å². The average molecular weight is 654 g/mol. The third-order valence-corrected chi connectivity index (χ3v) is 9.49. The molecular weight excluding hydrogens is 619 g/mol. The summed E-state index contributed by atoms with van der Waals surface area (Å²) in [5.74, 6) is 0.984. The van der Waals surface area contributed by atoms with E-state index in [-0.39, 0.29) is 57.4 Å². The zero-order chi connectivity index (χ0) is 33.6. The van der Waals surface area contributed by atoms with Gasteiger partial charge in [-0.3, -0.25) is 4.90 Å². The fourth-order valence-electron chi connectivity index (χ4n) is 7.26. The Bertz CT molecular complexity index is 2070. The molecule has 2 aromatic heterocycles. The van der Waals surface area contributed by atoms with Crippen molar-refractivity contribution in [3.05, 3.63) is 77.4 Å². The number of anilines is 1. The van der Waals surface area contributed by atoms with E-state index in [1.807, 2.05) is 42.2 Å². The topological polar surface area (TPSA) is 83.8 Å². The van der Waals surface area contributed by atoms with Crippen molar-refractivity contribution in [1.82, 2.24) is 19.9 Å². The summed E-state index contributed by atoms with van der Waals surface area (Å²) in [5.41, 5.74) is 0.0818. The molecule has 0 amide bonds. The molecule has 2 fully saturated rings. The molecule has 0 radical (unpaired) electrons. The zero-order valence-electron chi connectivity index (χ0n) is 26.6. The molecule has 0 spiro atoms. The monoisotopic (exact) mass is 653 g/mol. The first-order valence-electron chi connectivity index (χ1n) is 15.9. The van der Waals surface area contributed by atoms with Crippen LogP contribution in [0.1, 0.15) is 37.3 Å². The van der Waals surface area contributed by atoms with Gasteiger partial charge in [0.25, 0.3) is 0 Å². The van der Waals surface area contributed by atoms with Gasteiger partial charge >= 0.3 is 6.01 Å². The third kappa shape index (κ3) is 5.40. The first-order chi connectivity index (χ1) is 23.2. The summed E-state index contributed by atoms with van der Waals surface area (Å²) in [7, 11) is 1.40. The lowest BCUT2D eigenvalue weighted by Crippen LogP contribution is -2.43. The highest BCUT2D eigenvalue weighted by Crippen LogP contribution is 2.43. The molecule has 0 aliphatic carbocycles. The standard InChI is InChI=1S/C37H34F3N5O3/c1-4-26-28(39)13-12-23-16-25(46)17-27(29(23)26)32-31(40)33-30(35(41-32)47-3)34(44(5-2)19-22-10-7-6-8-11-22)43-36(42-33)48-21-37-14-9-15-45(37)20-24(38)18-37/h1,6-8,10-13,16-17,24,46H,5,9,14-15,18-21H2,2-3H3/t24-,37+/m1/s1. The number of fused-ring (bicyclic) bond motifs is 3. The molecule has 2 aliphatic heterocycles. The summed E-state index contributed by atoms with van der Waals surface area (Å²) in [6, 6.07) is 15.0. The van der Waals surface area contributed by atoms with Crippen LogP contribution in [0.25, 0.3) is 32.9 Å². The molecule has 4 heterocycles. The number of terminal acetylenes is 1. The van der Waals surface area contributed by atoms with Gasteiger partial charge < -0.3 is 19.5 Å². The van der Waals surface area contributed by atoms with Crippen molar-refractivity contribution in [2.75, 3.05) is 38.3 Å². The van der Waals surface area contributed by atoms with Gasteiger partial charge in [-0.15, -0.1) is 6.42 Å². The van der Waals surface area contributed by atoms with E-state index in [2.05, 4.69) is 20.8 Å². The maximum atomic E-state index is 17.1. The van der Waals surface area contributed by atoms with E-state index < -0.39 is 23.3 Å². The normalized spacial score (nSPS) is 19.0. The molecule has 5 aromatic rings. The van der Waals surface area contributed by atoms with E-state index in [1.165, 1.54) is 31.4 Å². The van der Waals surface area contributed by atoms with Gasteiger partial charge in [0.15, 0.2) is 5.82 Å². The summed E-state index contributed by atoms with van der Waals surface area (Å²) in [5, 5.41) is 11.4. The molecule has 0 unspecified atom stereocenters. The highest BCUT2D eigenvalue weighted by atomic mass is 19.1. The van der Waals surface area contributed by atoms with Gasteiger partial charge in [0.05, 0.1) is 18.2 Å². The number of alkyl halides is 1. The van der Waals surface area contributed by atoms with Gasteiger partial charge in [-0.1, -0.05) is 42.3 Å². The second-order valence-electron chi connectivity index (χ2n) is 12.4. The van der Waals surface area contributed by atoms with Crippen LogP contribution in [0.4, 0.5) is 19.0 Å². The lowest BCUT2D eigenvalue weighted by Gasteiger charge is -2.31. The van der Waals surface area contributed by atoms with Crippen LogP contribution in [0, 0.1) is 24.0 Å². The second kappa shape index (κ2) is 12.5. The number of methoxy groups -OCH3 is 1. The molecule has 8 nitrogen and oxygen atoms in total. The van der Waals surface area contributed by atoms with Crippen LogP contribution in [-0.2, 0) is 6.54 Å². The number of pyridine rings is 1. The Morgan fingerprint density at radius 2 is 1.92 bits per heavy atom. The maximum Gasteiger partial charge on any atom is 0.319 e. The second-order valence-corrected chi connectivity index (χ2v) is 12.4. The average Bonchev–Trinajstić information content (AvgIpc) is 3.62. The third-order valence-electron chi connectivity index (χ3n) is 9.49. The fraction of sp³-hybridized carbons (Fsp3) is 0.324. The van der Waals surface area contributed by atoms with Gasteiger partial charge in [0.1, 0.15) is 46.8 Å². The SMILES string of the molecule is C#Cc1c(F)ccc2cc(O)cc(-c3nc(OC)c4c(N(CC)Cc5ccccc5)nc(OC[C@@]56CCCN5C[C@H](F)C6)nc4c3F)c12. The Kier molecular flexibility index (Phi) is 8.21. The minimum absolute atomic E-state index is 0.0150. The number of hydrogen-bond donors (Lipinski definition) is 1. The van der Waals surface area contributed by atoms with Crippen molar-refractivity contribution in [1.29, 1.82) is 0 Å². The van der Waals surface area contributed by atoms with Crippen LogP contribution in [0.15, 0.2) is 54.6 Å². The Balaban J connectivity index is 1.44. The van der Waals surface area contributed by atoms with E-state index in [0.717, 1.165) is 24.9 Å². The summed E-state index contributed by atoms with van der Waals surface area (Å²) >= 11 is 0. The van der Waals surface area contributed by atoms with Crippen molar-refractivity contribution >= 4 is 27.5 Å². The van der Waals surface area contributed by atoms with Gasteiger partial charge in [-0.25, -0.2) is 18.2 Å². The zero-order valence-corrected chi connectivity index (χ0v) is 26.6. The molecule has 2 aliphatic rings. The molecule has 3 aromatic carbocycles. The van der Waals surface area contributed by atoms with E-state index in [0.29, 0.717) is 37.3 Å². The van der Waals surface area contributed by atoms with Gasteiger partial charge in [0.2, 0.25) is 5.88 Å². The predicted molar refractivity (Wildman–Crippen MR) is 178 cm³/mol. The predicted octanol–water partition coefficient (Wildman–Crippen LogP) is 6.80. The summed E-state index contributed by atoms with van der Waals surface area (Å²) in [6.45, 7) is 4.14. The Morgan fingerprint density at radius 3 is 2.67 bits per heavy atom. The number of hydrogen-bond acceptors (Lipinski definition) is 8. The molecule has 0 saturated carbocycles. The van der Waals surface area contributed by atoms with E-state index in [9.17, 15) is 13.9 Å². The van der Waals surface area contributed by atoms with Crippen LogP contribution >= 0.6 is 0 Å². The largest absolute Gasteiger partial charge is 0.508 e. The molecule has 7 rings (SSSR count). The van der Waals surface area contributed by atoms with Crippen molar-refractivity contribution in [2.24, 2.45) is 0 Å². The Labute approximate surface area is 276 Å². The van der Waals surface area contributed by atoms with Crippen LogP contribution in [0.2, 0.25) is 0 Å². The highest BCUT2D eigenvalue weighted by molar-refractivity contribution is 6.04. The molecule has 246 valence electrons. The number of aromatic hydroxyl groups is 1. The molecule has 11 heteroatoms. The number of phenolic OH excluding ortho intramolecular Hbond substituents is 1. The van der Waals surface area contributed by atoms with E-state index in [4.69, 9.17) is 20.9 Å². The summed E-state index contributed by atoms with van der Waals surface area (Å²) < 4.78 is 58.6. The molecule has 48 heavy (non-hydrogen) atoms. The number of ether oxygens (including phenoxy) is 2. The minimum atomic E-state index is -0.950. The number of phenols is 1. The fourth-order valence-corrected chi connectivity index (χ4v) is 7.26. The van der Waals surface area contributed by atoms with Crippen molar-refractivity contribution in [3.8, 4) is 41.2 Å². The Morgan fingerprint density at radius 1 is 1.10 bits per heavy atom. The van der Waals surface area contributed by atoms with Crippen LogP contribution in [0.5, 0.6) is 17.6 Å². The summed E-state index contributed by atoms with van der Waals surface area (Å²) in [4.78, 5) is 18.0. The molecular formula is C37H34F3N5O3. The minimum Gasteiger partial charge on any atom is -0.508 e. The van der Waals surface area contributed by atoms with Gasteiger partial charge in [-0.2, -0.15) is 9.97 Å². The lowest BCUT2D eigenvalue weighted by atomic mass is 9.95. The smallest absolute Gasteiger partial charge is 0.319 e. The Hall–Kier alpha value is -5.08. The number of halogens is 3.